The van der Waals surface area contributed by atoms with Crippen molar-refractivity contribution in [1.29, 1.82) is 0 Å². The van der Waals surface area contributed by atoms with Gasteiger partial charge in [-0.25, -0.2) is 0 Å². The Kier molecular flexibility index (Phi) is 3.67. The van der Waals surface area contributed by atoms with E-state index < -0.39 is 0 Å². The number of anilines is 1. The highest BCUT2D eigenvalue weighted by Gasteiger charge is 2.44. The molecule has 1 fully saturated rings. The number of nitrogens with zero attached hydrogens (tertiary/aromatic N) is 1. The van der Waals surface area contributed by atoms with Gasteiger partial charge in [0.1, 0.15) is 0 Å². The lowest BCUT2D eigenvalue weighted by Gasteiger charge is -2.19. The van der Waals surface area contributed by atoms with Crippen molar-refractivity contribution in [3.8, 4) is 0 Å². The normalized spacial score (nSPS) is 17.4. The van der Waals surface area contributed by atoms with Crippen molar-refractivity contribution < 1.29 is 0 Å². The lowest BCUT2D eigenvalue weighted by molar-refractivity contribution is 0.339. The summed E-state index contributed by atoms with van der Waals surface area (Å²) < 4.78 is 0. The molecule has 0 bridgehead atoms. The van der Waals surface area contributed by atoms with E-state index in [1.165, 1.54) is 12.8 Å². The average molecular weight is 233 g/mol. The average Bonchev–Trinajstić information content (AvgIpc) is 3.08. The first-order chi connectivity index (χ1) is 8.12. The fraction of sp³-hybridized carbons (Fsp3) is 0.643. The molecule has 1 aliphatic carbocycles. The molecule has 1 aromatic heterocycles. The molecule has 1 aromatic rings. The first-order valence-corrected chi connectivity index (χ1v) is 6.53. The van der Waals surface area contributed by atoms with Crippen molar-refractivity contribution in [1.82, 2.24) is 10.3 Å². The van der Waals surface area contributed by atoms with E-state index in [0.717, 1.165) is 36.8 Å². The van der Waals surface area contributed by atoms with E-state index in [9.17, 15) is 0 Å². The van der Waals surface area contributed by atoms with E-state index in [1.807, 2.05) is 12.1 Å². The molecule has 1 heterocycles. The lowest BCUT2D eigenvalue weighted by atomic mass is 9.92. The van der Waals surface area contributed by atoms with Crippen LogP contribution in [0, 0.1) is 11.3 Å². The van der Waals surface area contributed by atoms with Crippen LogP contribution in [0.4, 0.5) is 5.69 Å². The summed E-state index contributed by atoms with van der Waals surface area (Å²) in [7, 11) is 0. The van der Waals surface area contributed by atoms with Crippen LogP contribution in [0.25, 0.3) is 0 Å². The fourth-order valence-corrected chi connectivity index (χ4v) is 2.26. The molecule has 0 aliphatic heterocycles. The van der Waals surface area contributed by atoms with E-state index >= 15 is 0 Å². The number of aromatic nitrogens is 1. The van der Waals surface area contributed by atoms with Gasteiger partial charge in [0.25, 0.3) is 0 Å². The van der Waals surface area contributed by atoms with Gasteiger partial charge >= 0.3 is 0 Å². The van der Waals surface area contributed by atoms with Crippen LogP contribution < -0.4 is 11.1 Å². The van der Waals surface area contributed by atoms with Crippen molar-refractivity contribution >= 4 is 5.69 Å². The zero-order valence-electron chi connectivity index (χ0n) is 10.9. The van der Waals surface area contributed by atoms with E-state index in [0.29, 0.717) is 5.41 Å². The molecule has 0 atom stereocenters. The molecule has 94 valence electrons. The van der Waals surface area contributed by atoms with Crippen LogP contribution >= 0.6 is 0 Å². The second-order valence-electron chi connectivity index (χ2n) is 5.53. The minimum atomic E-state index is 0.592. The Labute approximate surface area is 104 Å². The van der Waals surface area contributed by atoms with Crippen LogP contribution in [0.2, 0.25) is 0 Å². The second-order valence-corrected chi connectivity index (χ2v) is 5.53. The summed E-state index contributed by atoms with van der Waals surface area (Å²) in [6.07, 6.45) is 5.48. The third kappa shape index (κ3) is 3.19. The van der Waals surface area contributed by atoms with Crippen LogP contribution in [0.5, 0.6) is 0 Å². The highest BCUT2D eigenvalue weighted by atomic mass is 14.9. The predicted molar refractivity (Wildman–Crippen MR) is 71.7 cm³/mol. The quantitative estimate of drug-likeness (QED) is 0.741. The van der Waals surface area contributed by atoms with Gasteiger partial charge in [-0.3, -0.25) is 4.98 Å². The van der Waals surface area contributed by atoms with Crippen molar-refractivity contribution in [2.24, 2.45) is 11.3 Å². The molecule has 2 rings (SSSR count). The van der Waals surface area contributed by atoms with Gasteiger partial charge in [-0.15, -0.1) is 0 Å². The maximum Gasteiger partial charge on any atom is 0.0501 e. The van der Waals surface area contributed by atoms with Crippen molar-refractivity contribution in [3.63, 3.8) is 0 Å². The van der Waals surface area contributed by atoms with Gasteiger partial charge in [0, 0.05) is 25.2 Å². The predicted octanol–water partition coefficient (Wildman–Crippen LogP) is 2.23. The third-order valence-corrected chi connectivity index (χ3v) is 4.00. The number of rotatable bonds is 6. The SMILES string of the molecule is CC(C)C1(CNCCc2ccc(N)cn2)CC1. The van der Waals surface area contributed by atoms with Crippen molar-refractivity contribution in [2.75, 3.05) is 18.8 Å². The molecular weight excluding hydrogens is 210 g/mol. The highest BCUT2D eigenvalue weighted by Crippen LogP contribution is 2.51. The number of pyridine rings is 1. The van der Waals surface area contributed by atoms with E-state index in [4.69, 9.17) is 5.73 Å². The Hall–Kier alpha value is -1.09. The Morgan fingerprint density at radius 1 is 1.41 bits per heavy atom. The molecule has 3 N–H and O–H groups in total. The molecule has 0 spiro atoms. The van der Waals surface area contributed by atoms with Gasteiger partial charge in [-0.05, 0) is 36.3 Å². The van der Waals surface area contributed by atoms with Gasteiger partial charge in [-0.2, -0.15) is 0 Å². The fourth-order valence-electron chi connectivity index (χ4n) is 2.26. The van der Waals surface area contributed by atoms with Crippen LogP contribution in [0.15, 0.2) is 18.3 Å². The van der Waals surface area contributed by atoms with E-state index in [1.54, 1.807) is 6.20 Å². The molecule has 0 radical (unpaired) electrons. The summed E-state index contributed by atoms with van der Waals surface area (Å²) in [4.78, 5) is 4.30. The third-order valence-electron chi connectivity index (χ3n) is 4.00. The summed E-state index contributed by atoms with van der Waals surface area (Å²) in [5.74, 6) is 0.796. The number of nitrogen functional groups attached to an aromatic ring is 1. The number of hydrogen-bond acceptors (Lipinski definition) is 3. The summed E-state index contributed by atoms with van der Waals surface area (Å²) in [6.45, 7) is 6.82. The molecule has 0 aromatic carbocycles. The first kappa shape index (κ1) is 12.4. The smallest absolute Gasteiger partial charge is 0.0501 e. The minimum Gasteiger partial charge on any atom is -0.397 e. The van der Waals surface area contributed by atoms with Crippen LogP contribution in [0.1, 0.15) is 32.4 Å². The zero-order valence-corrected chi connectivity index (χ0v) is 10.9. The number of hydrogen-bond donors (Lipinski definition) is 2. The second kappa shape index (κ2) is 5.05. The topological polar surface area (TPSA) is 50.9 Å². The zero-order chi connectivity index (χ0) is 12.3. The van der Waals surface area contributed by atoms with E-state index in [-0.39, 0.29) is 0 Å². The summed E-state index contributed by atoms with van der Waals surface area (Å²) in [5.41, 5.74) is 8.04. The molecule has 1 saturated carbocycles. The van der Waals surface area contributed by atoms with Crippen LogP contribution in [-0.2, 0) is 6.42 Å². The summed E-state index contributed by atoms with van der Waals surface area (Å²) in [6, 6.07) is 3.92. The first-order valence-electron chi connectivity index (χ1n) is 6.53. The van der Waals surface area contributed by atoms with Crippen LogP contribution in [-0.4, -0.2) is 18.1 Å². The van der Waals surface area contributed by atoms with Crippen molar-refractivity contribution in [2.45, 2.75) is 33.1 Å². The maximum absolute atomic E-state index is 5.60. The standard InChI is InChI=1S/C14H23N3/c1-11(2)14(6-7-14)10-16-8-5-13-4-3-12(15)9-17-13/h3-4,9,11,16H,5-8,10,15H2,1-2H3. The lowest BCUT2D eigenvalue weighted by Crippen LogP contribution is -2.29. The molecule has 17 heavy (non-hydrogen) atoms. The van der Waals surface area contributed by atoms with Crippen LogP contribution in [0.3, 0.4) is 0 Å². The summed E-state index contributed by atoms with van der Waals surface area (Å²) in [5, 5.41) is 3.56. The Morgan fingerprint density at radius 2 is 2.18 bits per heavy atom. The Balaban J connectivity index is 1.68. The summed E-state index contributed by atoms with van der Waals surface area (Å²) >= 11 is 0. The molecule has 0 amide bonds. The maximum atomic E-state index is 5.60. The van der Waals surface area contributed by atoms with Crippen molar-refractivity contribution in [3.05, 3.63) is 24.0 Å². The Bertz CT molecular complexity index is 352. The van der Waals surface area contributed by atoms with Gasteiger partial charge in [-0.1, -0.05) is 13.8 Å². The van der Waals surface area contributed by atoms with Gasteiger partial charge in [0.05, 0.1) is 11.9 Å². The highest BCUT2D eigenvalue weighted by molar-refractivity contribution is 5.34. The largest absolute Gasteiger partial charge is 0.397 e. The monoisotopic (exact) mass is 233 g/mol. The molecule has 1 aliphatic rings. The molecule has 0 saturated heterocycles. The Morgan fingerprint density at radius 3 is 2.71 bits per heavy atom. The molecule has 0 unspecified atom stereocenters. The minimum absolute atomic E-state index is 0.592. The van der Waals surface area contributed by atoms with Gasteiger partial charge < -0.3 is 11.1 Å². The molecule has 3 heteroatoms. The van der Waals surface area contributed by atoms with Gasteiger partial charge in [0.15, 0.2) is 0 Å². The molecular formula is C14H23N3. The van der Waals surface area contributed by atoms with E-state index in [2.05, 4.69) is 24.1 Å². The number of nitrogens with two attached hydrogens (primary N) is 1. The molecule has 3 nitrogen and oxygen atoms in total. The van der Waals surface area contributed by atoms with Gasteiger partial charge in [0.2, 0.25) is 0 Å². The number of nitrogens with one attached hydrogen (secondary N) is 1.